The molecule has 0 spiro atoms. The molecule has 160 valence electrons. The van der Waals surface area contributed by atoms with Gasteiger partial charge in [-0.25, -0.2) is 0 Å². The van der Waals surface area contributed by atoms with E-state index in [2.05, 4.69) is 15.1 Å². The summed E-state index contributed by atoms with van der Waals surface area (Å²) >= 11 is 12.2. The van der Waals surface area contributed by atoms with Crippen molar-refractivity contribution in [2.45, 2.75) is 6.92 Å². The van der Waals surface area contributed by atoms with Crippen LogP contribution in [0.25, 0.3) is 11.3 Å². The number of amides is 1. The van der Waals surface area contributed by atoms with E-state index in [0.29, 0.717) is 47.7 Å². The van der Waals surface area contributed by atoms with Gasteiger partial charge >= 0.3 is 0 Å². The summed E-state index contributed by atoms with van der Waals surface area (Å²) in [5, 5.41) is 9.79. The van der Waals surface area contributed by atoms with Gasteiger partial charge in [-0.15, -0.1) is 10.2 Å². The van der Waals surface area contributed by atoms with Crippen LogP contribution in [0.1, 0.15) is 5.56 Å². The number of hydrogen-bond donors (Lipinski definition) is 0. The number of benzene rings is 2. The number of piperazine rings is 1. The molecule has 31 heavy (non-hydrogen) atoms. The van der Waals surface area contributed by atoms with Crippen molar-refractivity contribution in [1.82, 2.24) is 15.1 Å². The Bertz CT molecular complexity index is 1070. The molecule has 4 rings (SSSR count). The van der Waals surface area contributed by atoms with Crippen LogP contribution in [0.2, 0.25) is 10.0 Å². The fourth-order valence-corrected chi connectivity index (χ4v) is 3.97. The second-order valence-corrected chi connectivity index (χ2v) is 8.22. The van der Waals surface area contributed by atoms with Crippen LogP contribution in [0.5, 0.6) is 5.75 Å². The molecular formula is C23H22Cl2N4O2. The summed E-state index contributed by atoms with van der Waals surface area (Å²) in [7, 11) is 0. The number of aromatic nitrogens is 2. The van der Waals surface area contributed by atoms with Crippen LogP contribution >= 0.6 is 23.2 Å². The van der Waals surface area contributed by atoms with Gasteiger partial charge in [0.25, 0.3) is 5.91 Å². The van der Waals surface area contributed by atoms with E-state index in [1.807, 2.05) is 54.3 Å². The van der Waals surface area contributed by atoms with Crippen molar-refractivity contribution < 1.29 is 9.53 Å². The molecule has 0 unspecified atom stereocenters. The van der Waals surface area contributed by atoms with Crippen LogP contribution in [0.15, 0.2) is 54.6 Å². The molecule has 0 radical (unpaired) electrons. The van der Waals surface area contributed by atoms with E-state index in [-0.39, 0.29) is 12.5 Å². The average Bonchev–Trinajstić information content (AvgIpc) is 2.78. The van der Waals surface area contributed by atoms with Crippen LogP contribution in [-0.2, 0) is 4.79 Å². The zero-order chi connectivity index (χ0) is 21.8. The molecule has 3 aromatic rings. The van der Waals surface area contributed by atoms with E-state index < -0.39 is 0 Å². The number of ether oxygens (including phenoxy) is 1. The van der Waals surface area contributed by atoms with Crippen molar-refractivity contribution in [3.05, 3.63) is 70.2 Å². The maximum Gasteiger partial charge on any atom is 0.260 e. The van der Waals surface area contributed by atoms with Gasteiger partial charge in [-0.3, -0.25) is 4.79 Å². The van der Waals surface area contributed by atoms with Gasteiger partial charge in [-0.1, -0.05) is 35.3 Å². The highest BCUT2D eigenvalue weighted by Gasteiger charge is 2.22. The molecule has 2 aromatic carbocycles. The Hall–Kier alpha value is -2.83. The van der Waals surface area contributed by atoms with Crippen molar-refractivity contribution in [3.8, 4) is 17.0 Å². The highest BCUT2D eigenvalue weighted by molar-refractivity contribution is 6.36. The molecule has 0 aliphatic carbocycles. The number of halogens is 2. The minimum absolute atomic E-state index is 0.0139. The lowest BCUT2D eigenvalue weighted by molar-refractivity contribution is -0.133. The number of carbonyl (C=O) groups is 1. The second-order valence-electron chi connectivity index (χ2n) is 7.37. The quantitative estimate of drug-likeness (QED) is 0.565. The Morgan fingerprint density at radius 2 is 1.81 bits per heavy atom. The maximum atomic E-state index is 12.5. The van der Waals surface area contributed by atoms with Gasteiger partial charge in [0.15, 0.2) is 12.4 Å². The number of aryl methyl sites for hydroxylation is 1. The zero-order valence-corrected chi connectivity index (χ0v) is 18.6. The minimum Gasteiger partial charge on any atom is -0.484 e. The largest absolute Gasteiger partial charge is 0.484 e. The molecule has 1 amide bonds. The predicted molar refractivity (Wildman–Crippen MR) is 123 cm³/mol. The first-order valence-corrected chi connectivity index (χ1v) is 10.8. The van der Waals surface area contributed by atoms with E-state index in [4.69, 9.17) is 27.9 Å². The van der Waals surface area contributed by atoms with E-state index in [1.165, 1.54) is 0 Å². The first kappa shape index (κ1) is 21.4. The van der Waals surface area contributed by atoms with Crippen molar-refractivity contribution in [3.63, 3.8) is 0 Å². The average molecular weight is 457 g/mol. The van der Waals surface area contributed by atoms with Crippen LogP contribution in [0, 0.1) is 6.92 Å². The Kier molecular flexibility index (Phi) is 6.59. The Morgan fingerprint density at radius 3 is 2.48 bits per heavy atom. The lowest BCUT2D eigenvalue weighted by atomic mass is 10.1. The summed E-state index contributed by atoms with van der Waals surface area (Å²) in [6, 6.07) is 16.8. The van der Waals surface area contributed by atoms with Gasteiger partial charge in [-0.05, 0) is 55.0 Å². The van der Waals surface area contributed by atoms with Gasteiger partial charge in [0, 0.05) is 36.8 Å². The van der Waals surface area contributed by atoms with E-state index in [1.54, 1.807) is 12.1 Å². The zero-order valence-electron chi connectivity index (χ0n) is 17.1. The number of anilines is 1. The van der Waals surface area contributed by atoms with Gasteiger partial charge in [0.2, 0.25) is 0 Å². The molecule has 6 nitrogen and oxygen atoms in total. The molecule has 1 aliphatic rings. The molecule has 1 aliphatic heterocycles. The third kappa shape index (κ3) is 5.27. The summed E-state index contributed by atoms with van der Waals surface area (Å²) in [5.74, 6) is 1.47. The monoisotopic (exact) mass is 456 g/mol. The number of nitrogens with zero attached hydrogens (tertiary/aromatic N) is 4. The van der Waals surface area contributed by atoms with Gasteiger partial charge in [0.1, 0.15) is 5.75 Å². The summed E-state index contributed by atoms with van der Waals surface area (Å²) in [4.78, 5) is 16.4. The molecule has 1 aromatic heterocycles. The molecule has 0 N–H and O–H groups in total. The predicted octanol–water partition coefficient (Wildman–Crippen LogP) is 4.49. The van der Waals surface area contributed by atoms with Crippen LogP contribution < -0.4 is 9.64 Å². The van der Waals surface area contributed by atoms with Crippen LogP contribution in [-0.4, -0.2) is 53.8 Å². The standard InChI is InChI=1S/C23H22Cl2N4O2/c1-16-3-2-4-18(13-16)31-15-23(30)29-11-9-28(10-12-29)22-8-7-21(26-27-22)19-6-5-17(24)14-20(19)25/h2-8,13-14H,9-12,15H2,1H3. The van der Waals surface area contributed by atoms with E-state index >= 15 is 0 Å². The van der Waals surface area contributed by atoms with Crippen molar-refractivity contribution in [1.29, 1.82) is 0 Å². The Morgan fingerprint density at radius 1 is 1.00 bits per heavy atom. The van der Waals surface area contributed by atoms with Crippen molar-refractivity contribution in [2.75, 3.05) is 37.7 Å². The molecule has 2 heterocycles. The highest BCUT2D eigenvalue weighted by atomic mass is 35.5. The van der Waals surface area contributed by atoms with E-state index in [0.717, 1.165) is 16.9 Å². The maximum absolute atomic E-state index is 12.5. The second kappa shape index (κ2) is 9.54. The Labute approximate surface area is 191 Å². The smallest absolute Gasteiger partial charge is 0.260 e. The number of rotatable bonds is 5. The number of hydrogen-bond acceptors (Lipinski definition) is 5. The molecule has 1 saturated heterocycles. The first-order chi connectivity index (χ1) is 15.0. The van der Waals surface area contributed by atoms with Crippen molar-refractivity contribution in [2.24, 2.45) is 0 Å². The third-order valence-electron chi connectivity index (χ3n) is 5.17. The first-order valence-electron chi connectivity index (χ1n) is 10.0. The lowest BCUT2D eigenvalue weighted by Gasteiger charge is -2.35. The normalized spacial score (nSPS) is 13.9. The Balaban J connectivity index is 1.31. The van der Waals surface area contributed by atoms with Gasteiger partial charge < -0.3 is 14.5 Å². The third-order valence-corrected chi connectivity index (χ3v) is 5.71. The van der Waals surface area contributed by atoms with Crippen LogP contribution in [0.4, 0.5) is 5.82 Å². The molecular weight excluding hydrogens is 435 g/mol. The van der Waals surface area contributed by atoms with E-state index in [9.17, 15) is 4.79 Å². The summed E-state index contributed by atoms with van der Waals surface area (Å²) in [6.45, 7) is 4.63. The van der Waals surface area contributed by atoms with Gasteiger partial charge in [-0.2, -0.15) is 0 Å². The minimum atomic E-state index is -0.0139. The lowest BCUT2D eigenvalue weighted by Crippen LogP contribution is -2.50. The summed E-state index contributed by atoms with van der Waals surface area (Å²) < 4.78 is 5.64. The fourth-order valence-electron chi connectivity index (χ4n) is 3.46. The molecule has 0 atom stereocenters. The SMILES string of the molecule is Cc1cccc(OCC(=O)N2CCN(c3ccc(-c4ccc(Cl)cc4Cl)nn3)CC2)c1. The molecule has 1 fully saturated rings. The fraction of sp³-hybridized carbons (Fsp3) is 0.261. The summed E-state index contributed by atoms with van der Waals surface area (Å²) in [6.07, 6.45) is 0. The van der Waals surface area contributed by atoms with Crippen LogP contribution in [0.3, 0.4) is 0 Å². The molecule has 8 heteroatoms. The molecule has 0 bridgehead atoms. The topological polar surface area (TPSA) is 58.6 Å². The summed E-state index contributed by atoms with van der Waals surface area (Å²) in [5.41, 5.74) is 2.57. The van der Waals surface area contributed by atoms with Gasteiger partial charge in [0.05, 0.1) is 10.7 Å². The number of carbonyl (C=O) groups excluding carboxylic acids is 1. The van der Waals surface area contributed by atoms with Crippen molar-refractivity contribution >= 4 is 34.9 Å². The highest BCUT2D eigenvalue weighted by Crippen LogP contribution is 2.29. The molecule has 0 saturated carbocycles.